The lowest BCUT2D eigenvalue weighted by Gasteiger charge is -2.20. The van der Waals surface area contributed by atoms with Gasteiger partial charge in [0, 0.05) is 23.8 Å². The summed E-state index contributed by atoms with van der Waals surface area (Å²) >= 11 is 11.8. The first-order valence-corrected chi connectivity index (χ1v) is 8.97. The molecule has 2 aromatic rings. The minimum Gasteiger partial charge on any atom is -0.452 e. The molecule has 0 fully saturated rings. The Morgan fingerprint density at radius 3 is 2.31 bits per heavy atom. The van der Waals surface area contributed by atoms with Gasteiger partial charge < -0.3 is 15.0 Å². The van der Waals surface area contributed by atoms with Gasteiger partial charge in [-0.3, -0.25) is 4.79 Å². The van der Waals surface area contributed by atoms with E-state index in [1.807, 2.05) is 12.1 Å². The van der Waals surface area contributed by atoms with Crippen LogP contribution in [0.3, 0.4) is 0 Å². The summed E-state index contributed by atoms with van der Waals surface area (Å²) in [5.74, 6) is -1.06. The second kappa shape index (κ2) is 9.46. The van der Waals surface area contributed by atoms with Crippen molar-refractivity contribution in [3.05, 3.63) is 58.1 Å². The molecule has 0 unspecified atom stereocenters. The van der Waals surface area contributed by atoms with E-state index in [-0.39, 0.29) is 0 Å². The summed E-state index contributed by atoms with van der Waals surface area (Å²) in [6.07, 6.45) is 0. The zero-order valence-corrected chi connectivity index (χ0v) is 16.1. The van der Waals surface area contributed by atoms with E-state index in [0.717, 1.165) is 18.8 Å². The van der Waals surface area contributed by atoms with Crippen molar-refractivity contribution < 1.29 is 14.3 Å². The molecule has 26 heavy (non-hydrogen) atoms. The first-order valence-electron chi connectivity index (χ1n) is 8.21. The van der Waals surface area contributed by atoms with Crippen LogP contribution in [0.5, 0.6) is 0 Å². The van der Waals surface area contributed by atoms with Gasteiger partial charge in [-0.25, -0.2) is 4.79 Å². The topological polar surface area (TPSA) is 58.6 Å². The van der Waals surface area contributed by atoms with Gasteiger partial charge in [-0.2, -0.15) is 0 Å². The third-order valence-corrected chi connectivity index (χ3v) is 4.33. The summed E-state index contributed by atoms with van der Waals surface area (Å²) in [5, 5.41) is 3.35. The molecule has 2 aromatic carbocycles. The Hall–Kier alpha value is -2.24. The maximum absolute atomic E-state index is 12.1. The molecule has 7 heteroatoms. The van der Waals surface area contributed by atoms with Gasteiger partial charge in [0.15, 0.2) is 6.61 Å². The fourth-order valence-corrected chi connectivity index (χ4v) is 2.73. The maximum atomic E-state index is 12.1. The maximum Gasteiger partial charge on any atom is 0.338 e. The molecule has 138 valence electrons. The highest BCUT2D eigenvalue weighted by molar-refractivity contribution is 6.35. The number of nitrogens with one attached hydrogen (secondary N) is 1. The fraction of sp³-hybridized carbons (Fsp3) is 0.263. The van der Waals surface area contributed by atoms with Crippen molar-refractivity contribution in [3.8, 4) is 0 Å². The molecule has 0 spiro atoms. The van der Waals surface area contributed by atoms with E-state index < -0.39 is 18.5 Å². The lowest BCUT2D eigenvalue weighted by atomic mass is 10.2. The standard InChI is InChI=1S/C19H20Cl2N2O3/c1-3-23(4-2)15-8-5-13(6-9-15)19(25)26-12-18(24)22-17-11-14(20)7-10-16(17)21/h5-11H,3-4,12H2,1-2H3,(H,22,24). The number of nitrogens with zero attached hydrogens (tertiary/aromatic N) is 1. The van der Waals surface area contributed by atoms with E-state index in [0.29, 0.717) is 21.3 Å². The number of hydrogen-bond donors (Lipinski definition) is 1. The largest absolute Gasteiger partial charge is 0.452 e. The average molecular weight is 395 g/mol. The van der Waals surface area contributed by atoms with Gasteiger partial charge in [-0.15, -0.1) is 0 Å². The first kappa shape index (κ1) is 20.1. The van der Waals surface area contributed by atoms with Crippen LogP contribution in [0.2, 0.25) is 10.0 Å². The number of amides is 1. The number of rotatable bonds is 7. The highest BCUT2D eigenvalue weighted by Crippen LogP contribution is 2.25. The second-order valence-electron chi connectivity index (χ2n) is 5.47. The van der Waals surface area contributed by atoms with Crippen molar-refractivity contribution in [1.82, 2.24) is 0 Å². The summed E-state index contributed by atoms with van der Waals surface area (Å²) < 4.78 is 5.04. The Morgan fingerprint density at radius 2 is 1.69 bits per heavy atom. The van der Waals surface area contributed by atoms with E-state index in [1.165, 1.54) is 6.07 Å². The Morgan fingerprint density at radius 1 is 1.04 bits per heavy atom. The Labute approximate surface area is 162 Å². The second-order valence-corrected chi connectivity index (χ2v) is 6.31. The lowest BCUT2D eigenvalue weighted by molar-refractivity contribution is -0.119. The van der Waals surface area contributed by atoms with Crippen molar-refractivity contribution in [1.29, 1.82) is 0 Å². The molecule has 0 aliphatic heterocycles. The van der Waals surface area contributed by atoms with Crippen LogP contribution in [0.4, 0.5) is 11.4 Å². The molecule has 1 N–H and O–H groups in total. The van der Waals surface area contributed by atoms with Crippen LogP contribution in [0.25, 0.3) is 0 Å². The molecular weight excluding hydrogens is 375 g/mol. The Bertz CT molecular complexity index is 775. The molecule has 1 amide bonds. The van der Waals surface area contributed by atoms with Gasteiger partial charge in [0.2, 0.25) is 0 Å². The smallest absolute Gasteiger partial charge is 0.338 e. The summed E-state index contributed by atoms with van der Waals surface area (Å²) in [6.45, 7) is 5.48. The van der Waals surface area contributed by atoms with Gasteiger partial charge in [0.05, 0.1) is 16.3 Å². The van der Waals surface area contributed by atoms with Crippen molar-refractivity contribution in [2.45, 2.75) is 13.8 Å². The summed E-state index contributed by atoms with van der Waals surface area (Å²) in [7, 11) is 0. The molecule has 0 aliphatic rings. The van der Waals surface area contributed by atoms with Crippen LogP contribution in [0.15, 0.2) is 42.5 Å². The number of carbonyl (C=O) groups is 2. The van der Waals surface area contributed by atoms with Gasteiger partial charge in [0.25, 0.3) is 5.91 Å². The molecule has 2 rings (SSSR count). The zero-order chi connectivity index (χ0) is 19.1. The van der Waals surface area contributed by atoms with Crippen molar-refractivity contribution >= 4 is 46.5 Å². The van der Waals surface area contributed by atoms with Crippen LogP contribution in [-0.4, -0.2) is 31.6 Å². The van der Waals surface area contributed by atoms with E-state index in [9.17, 15) is 9.59 Å². The van der Waals surface area contributed by atoms with Crippen LogP contribution in [0, 0.1) is 0 Å². The predicted molar refractivity (Wildman–Crippen MR) is 105 cm³/mol. The molecule has 0 atom stereocenters. The highest BCUT2D eigenvalue weighted by atomic mass is 35.5. The number of hydrogen-bond acceptors (Lipinski definition) is 4. The normalized spacial score (nSPS) is 10.3. The molecule has 0 aliphatic carbocycles. The lowest BCUT2D eigenvalue weighted by Crippen LogP contribution is -2.22. The van der Waals surface area contributed by atoms with Crippen molar-refractivity contribution in [2.24, 2.45) is 0 Å². The van der Waals surface area contributed by atoms with E-state index in [1.54, 1.807) is 24.3 Å². The Kier molecular flexibility index (Phi) is 7.30. The predicted octanol–water partition coefficient (Wildman–Crippen LogP) is 4.64. The van der Waals surface area contributed by atoms with Crippen LogP contribution >= 0.6 is 23.2 Å². The number of ether oxygens (including phenoxy) is 1. The molecule has 0 saturated heterocycles. The van der Waals surface area contributed by atoms with Gasteiger partial charge >= 0.3 is 5.97 Å². The average Bonchev–Trinajstić information content (AvgIpc) is 2.64. The quantitative estimate of drug-likeness (QED) is 0.695. The first-order chi connectivity index (χ1) is 12.4. The number of carbonyl (C=O) groups excluding carboxylic acids is 2. The highest BCUT2D eigenvalue weighted by Gasteiger charge is 2.12. The zero-order valence-electron chi connectivity index (χ0n) is 14.6. The molecule has 0 saturated carbocycles. The molecule has 5 nitrogen and oxygen atoms in total. The molecule has 0 heterocycles. The van der Waals surface area contributed by atoms with Gasteiger partial charge in [-0.1, -0.05) is 23.2 Å². The van der Waals surface area contributed by atoms with Crippen molar-refractivity contribution in [2.75, 3.05) is 29.9 Å². The van der Waals surface area contributed by atoms with Crippen molar-refractivity contribution in [3.63, 3.8) is 0 Å². The molecular formula is C19H20Cl2N2O3. The van der Waals surface area contributed by atoms with Crippen LogP contribution < -0.4 is 10.2 Å². The molecule has 0 radical (unpaired) electrons. The van der Waals surface area contributed by atoms with Crippen LogP contribution in [-0.2, 0) is 9.53 Å². The number of esters is 1. The number of benzene rings is 2. The fourth-order valence-electron chi connectivity index (χ4n) is 2.39. The monoisotopic (exact) mass is 394 g/mol. The summed E-state index contributed by atoms with van der Waals surface area (Å²) in [5.41, 5.74) is 1.78. The molecule has 0 aromatic heterocycles. The van der Waals surface area contributed by atoms with Gasteiger partial charge in [0.1, 0.15) is 0 Å². The minimum absolute atomic E-state index is 0.348. The Balaban J connectivity index is 1.91. The third-order valence-electron chi connectivity index (χ3n) is 3.77. The van der Waals surface area contributed by atoms with Gasteiger partial charge in [-0.05, 0) is 56.3 Å². The van der Waals surface area contributed by atoms with E-state index in [2.05, 4.69) is 24.1 Å². The number of halogens is 2. The third kappa shape index (κ3) is 5.38. The van der Waals surface area contributed by atoms with E-state index >= 15 is 0 Å². The van der Waals surface area contributed by atoms with Crippen LogP contribution in [0.1, 0.15) is 24.2 Å². The SMILES string of the molecule is CCN(CC)c1ccc(C(=O)OCC(=O)Nc2cc(Cl)ccc2Cl)cc1. The summed E-state index contributed by atoms with van der Waals surface area (Å²) in [4.78, 5) is 26.2. The minimum atomic E-state index is -0.566. The summed E-state index contributed by atoms with van der Waals surface area (Å²) in [6, 6.07) is 11.8. The molecule has 0 bridgehead atoms. The van der Waals surface area contributed by atoms with E-state index in [4.69, 9.17) is 27.9 Å². The number of anilines is 2.